The van der Waals surface area contributed by atoms with E-state index in [0.29, 0.717) is 13.0 Å². The van der Waals surface area contributed by atoms with E-state index in [-0.39, 0.29) is 28.0 Å². The third kappa shape index (κ3) is 3.88. The Morgan fingerprint density at radius 2 is 1.96 bits per heavy atom. The first kappa shape index (κ1) is 19.2. The van der Waals surface area contributed by atoms with Crippen LogP contribution in [0.5, 0.6) is 11.6 Å². The second-order valence-corrected chi connectivity index (χ2v) is 6.99. The largest absolute Gasteiger partial charge is 0.435 e. The molecule has 2 heterocycles. The molecule has 1 aliphatic rings. The average Bonchev–Trinajstić information content (AvgIpc) is 2.69. The lowest BCUT2D eigenvalue weighted by Crippen LogP contribution is -2.31. The summed E-state index contributed by atoms with van der Waals surface area (Å²) in [6.07, 6.45) is -2.98. The normalized spacial score (nSPS) is 13.7. The van der Waals surface area contributed by atoms with E-state index in [1.54, 1.807) is 0 Å². The maximum absolute atomic E-state index is 13.0. The van der Waals surface area contributed by atoms with Gasteiger partial charge in [0, 0.05) is 6.54 Å². The van der Waals surface area contributed by atoms with Gasteiger partial charge in [0.05, 0.1) is 11.3 Å². The number of amides is 1. The molecule has 138 valence electrons. The van der Waals surface area contributed by atoms with Crippen LogP contribution in [0.3, 0.4) is 0 Å². The number of rotatable bonds is 4. The fourth-order valence-corrected chi connectivity index (χ4v) is 3.21. The molecule has 3 rings (SSSR count). The first-order chi connectivity index (χ1) is 12.3. The van der Waals surface area contributed by atoms with Crippen molar-refractivity contribution in [2.45, 2.75) is 19.0 Å². The van der Waals surface area contributed by atoms with Gasteiger partial charge in [-0.25, -0.2) is 0 Å². The lowest BCUT2D eigenvalue weighted by atomic mass is 10.1. The predicted molar refractivity (Wildman–Crippen MR) is 98.4 cm³/mol. The van der Waals surface area contributed by atoms with Crippen molar-refractivity contribution >= 4 is 45.8 Å². The van der Waals surface area contributed by atoms with Crippen molar-refractivity contribution in [3.8, 4) is 11.6 Å². The Labute approximate surface area is 165 Å². The van der Waals surface area contributed by atoms with Crippen molar-refractivity contribution in [3.63, 3.8) is 0 Å². The van der Waals surface area contributed by atoms with Gasteiger partial charge in [0.25, 0.3) is 11.8 Å². The molecule has 2 aromatic rings. The Balaban J connectivity index is 2.11. The number of hydrogen-bond donors (Lipinski definition) is 0. The number of anilines is 1. The Morgan fingerprint density at radius 1 is 1.19 bits per heavy atom. The Bertz CT molecular complexity index is 848. The smallest absolute Gasteiger partial charge is 0.416 e. The zero-order valence-electron chi connectivity index (χ0n) is 13.2. The van der Waals surface area contributed by atoms with E-state index >= 15 is 0 Å². The number of unbranched alkanes of at least 4 members (excludes halogenated alkanes) is 1. The molecule has 0 fully saturated rings. The minimum Gasteiger partial charge on any atom is -0.435 e. The van der Waals surface area contributed by atoms with Gasteiger partial charge in [-0.05, 0) is 41.5 Å². The highest BCUT2D eigenvalue weighted by molar-refractivity contribution is 14.1. The maximum atomic E-state index is 13.0. The molecule has 0 atom stereocenters. The highest BCUT2D eigenvalue weighted by atomic mass is 127. The molecule has 1 aliphatic heterocycles. The van der Waals surface area contributed by atoms with Crippen LogP contribution in [-0.4, -0.2) is 27.1 Å². The van der Waals surface area contributed by atoms with Crippen molar-refractivity contribution in [2.24, 2.45) is 0 Å². The summed E-state index contributed by atoms with van der Waals surface area (Å²) in [5.74, 6) is -0.710. The summed E-state index contributed by atoms with van der Waals surface area (Å²) in [6, 6.07) is 4.32. The SMILES string of the molecule is O=C1c2cc(Cl)nnc2Oc2cc(C(F)(F)F)ccc2N1CCCCI. The fraction of sp³-hybridized carbons (Fsp3) is 0.312. The van der Waals surface area contributed by atoms with E-state index in [9.17, 15) is 18.0 Å². The molecule has 0 N–H and O–H groups in total. The van der Waals surface area contributed by atoms with Crippen molar-refractivity contribution in [3.05, 3.63) is 40.5 Å². The van der Waals surface area contributed by atoms with Crippen LogP contribution >= 0.6 is 34.2 Å². The molecule has 0 saturated heterocycles. The van der Waals surface area contributed by atoms with Crippen LogP contribution in [0.1, 0.15) is 28.8 Å². The van der Waals surface area contributed by atoms with Gasteiger partial charge in [-0.15, -0.1) is 10.2 Å². The van der Waals surface area contributed by atoms with Crippen molar-refractivity contribution in [1.29, 1.82) is 0 Å². The van der Waals surface area contributed by atoms with Crippen LogP contribution in [0.4, 0.5) is 18.9 Å². The van der Waals surface area contributed by atoms with Gasteiger partial charge in [-0.1, -0.05) is 34.2 Å². The molecule has 0 saturated carbocycles. The highest BCUT2D eigenvalue weighted by Gasteiger charge is 2.35. The second kappa shape index (κ2) is 7.55. The Hall–Kier alpha value is -1.62. The zero-order valence-corrected chi connectivity index (χ0v) is 16.1. The molecule has 26 heavy (non-hydrogen) atoms. The fourth-order valence-electron chi connectivity index (χ4n) is 2.53. The van der Waals surface area contributed by atoms with E-state index in [1.807, 2.05) is 0 Å². The molecular formula is C16H12ClF3IN3O2. The third-order valence-corrected chi connectivity index (χ3v) is 4.70. The number of aromatic nitrogens is 2. The standard InChI is InChI=1S/C16H12ClF3IN3O2/c17-13-8-10-14(23-22-13)26-12-7-9(16(18,19)20)3-4-11(12)24(15(10)25)6-2-1-5-21/h3-4,7-8H,1-2,5-6H2. The number of carbonyl (C=O) groups is 1. The summed E-state index contributed by atoms with van der Waals surface area (Å²) in [7, 11) is 0. The summed E-state index contributed by atoms with van der Waals surface area (Å²) < 4.78 is 45.6. The van der Waals surface area contributed by atoms with Crippen LogP contribution in [0.15, 0.2) is 24.3 Å². The lowest BCUT2D eigenvalue weighted by Gasteiger charge is -2.22. The quantitative estimate of drug-likeness (QED) is 0.334. The van der Waals surface area contributed by atoms with Crippen molar-refractivity contribution < 1.29 is 22.7 Å². The van der Waals surface area contributed by atoms with Gasteiger partial charge in [-0.2, -0.15) is 13.2 Å². The van der Waals surface area contributed by atoms with Gasteiger partial charge in [0.15, 0.2) is 10.9 Å². The van der Waals surface area contributed by atoms with E-state index < -0.39 is 17.6 Å². The van der Waals surface area contributed by atoms with Gasteiger partial charge >= 0.3 is 6.18 Å². The molecule has 1 aromatic heterocycles. The summed E-state index contributed by atoms with van der Waals surface area (Å²) in [5.41, 5.74) is -0.559. The monoisotopic (exact) mass is 497 g/mol. The number of nitrogens with zero attached hydrogens (tertiary/aromatic N) is 3. The van der Waals surface area contributed by atoms with E-state index in [1.165, 1.54) is 17.0 Å². The van der Waals surface area contributed by atoms with Crippen LogP contribution in [0.2, 0.25) is 5.15 Å². The lowest BCUT2D eigenvalue weighted by molar-refractivity contribution is -0.137. The highest BCUT2D eigenvalue weighted by Crippen LogP contribution is 2.42. The van der Waals surface area contributed by atoms with Gasteiger partial charge in [-0.3, -0.25) is 4.79 Å². The molecule has 0 radical (unpaired) electrons. The molecule has 1 amide bonds. The average molecular weight is 498 g/mol. The minimum absolute atomic E-state index is 0.00477. The van der Waals surface area contributed by atoms with Gasteiger partial charge in [0.1, 0.15) is 5.56 Å². The van der Waals surface area contributed by atoms with Crippen LogP contribution in [-0.2, 0) is 6.18 Å². The number of alkyl halides is 4. The van der Waals surface area contributed by atoms with Crippen LogP contribution in [0.25, 0.3) is 0 Å². The summed E-state index contributed by atoms with van der Waals surface area (Å²) in [6.45, 7) is 0.336. The first-order valence-corrected chi connectivity index (χ1v) is 9.52. The number of hydrogen-bond acceptors (Lipinski definition) is 4. The molecule has 0 bridgehead atoms. The van der Waals surface area contributed by atoms with Crippen LogP contribution in [0, 0.1) is 0 Å². The minimum atomic E-state index is -4.53. The third-order valence-electron chi connectivity index (χ3n) is 3.76. The second-order valence-electron chi connectivity index (χ2n) is 5.52. The number of fused-ring (bicyclic) bond motifs is 2. The zero-order chi connectivity index (χ0) is 18.9. The maximum Gasteiger partial charge on any atom is 0.416 e. The summed E-state index contributed by atoms with van der Waals surface area (Å²) >= 11 is 8.04. The topological polar surface area (TPSA) is 55.3 Å². The number of carbonyl (C=O) groups excluding carboxylic acids is 1. The van der Waals surface area contributed by atoms with E-state index in [0.717, 1.165) is 23.0 Å². The number of ether oxygens (including phenoxy) is 1. The van der Waals surface area contributed by atoms with E-state index in [4.69, 9.17) is 16.3 Å². The predicted octanol–water partition coefficient (Wildman–Crippen LogP) is 5.12. The van der Waals surface area contributed by atoms with Gasteiger partial charge < -0.3 is 9.64 Å². The molecule has 0 unspecified atom stereocenters. The molecular weight excluding hydrogens is 486 g/mol. The molecule has 1 aromatic carbocycles. The molecule has 10 heteroatoms. The van der Waals surface area contributed by atoms with Crippen molar-refractivity contribution in [1.82, 2.24) is 10.2 Å². The van der Waals surface area contributed by atoms with E-state index in [2.05, 4.69) is 32.8 Å². The summed E-state index contributed by atoms with van der Waals surface area (Å²) in [5, 5.41) is 7.32. The van der Waals surface area contributed by atoms with Gasteiger partial charge in [0.2, 0.25) is 0 Å². The van der Waals surface area contributed by atoms with Crippen LogP contribution < -0.4 is 9.64 Å². The molecule has 0 spiro atoms. The van der Waals surface area contributed by atoms with Crippen molar-refractivity contribution in [2.75, 3.05) is 15.9 Å². The number of benzene rings is 1. The number of halogens is 5. The molecule has 0 aliphatic carbocycles. The first-order valence-electron chi connectivity index (χ1n) is 7.61. The summed E-state index contributed by atoms with van der Waals surface area (Å²) in [4.78, 5) is 14.3. The molecule has 5 nitrogen and oxygen atoms in total. The Morgan fingerprint density at radius 3 is 2.65 bits per heavy atom. The Kier molecular flexibility index (Phi) is 5.56.